The number of nitrogens with one attached hydrogen (secondary N) is 1. The van der Waals surface area contributed by atoms with E-state index in [0.29, 0.717) is 18.0 Å². The van der Waals surface area contributed by atoms with E-state index in [1.54, 1.807) is 12.1 Å². The van der Waals surface area contributed by atoms with Crippen molar-refractivity contribution in [1.29, 1.82) is 0 Å². The Morgan fingerprint density at radius 1 is 1.40 bits per heavy atom. The van der Waals surface area contributed by atoms with Crippen LogP contribution < -0.4 is 5.32 Å². The molecule has 1 atom stereocenters. The molecular weight excluding hydrogens is 213 g/mol. The summed E-state index contributed by atoms with van der Waals surface area (Å²) in [6, 6.07) is 6.82. The van der Waals surface area contributed by atoms with Crippen molar-refractivity contribution in [3.63, 3.8) is 0 Å². The van der Waals surface area contributed by atoms with Crippen LogP contribution in [-0.4, -0.2) is 11.9 Å². The van der Waals surface area contributed by atoms with Crippen LogP contribution in [0.1, 0.15) is 18.4 Å². The lowest BCUT2D eigenvalue weighted by Gasteiger charge is -2.09. The maximum atomic E-state index is 13.2. The largest absolute Gasteiger partial charge is 0.311 e. The minimum atomic E-state index is -0.150. The Kier molecular flexibility index (Phi) is 3.60. The Hall–Kier alpha value is -0.600. The summed E-state index contributed by atoms with van der Waals surface area (Å²) < 4.78 is 13.2. The number of rotatable bonds is 5. The Morgan fingerprint density at radius 3 is 2.80 bits per heavy atom. The van der Waals surface area contributed by atoms with Crippen LogP contribution in [0.2, 0.25) is 0 Å². The maximum Gasteiger partial charge on any atom is 0.127 e. The van der Waals surface area contributed by atoms with Crippen molar-refractivity contribution in [1.82, 2.24) is 5.32 Å². The topological polar surface area (TPSA) is 12.0 Å². The second-order valence-corrected chi connectivity index (χ2v) is 4.64. The van der Waals surface area contributed by atoms with E-state index in [-0.39, 0.29) is 11.2 Å². The SMILES string of the molecule is Fc1ccccc1CNCC(Cl)C1CC1. The molecule has 0 saturated heterocycles. The molecule has 1 fully saturated rings. The quantitative estimate of drug-likeness (QED) is 0.763. The lowest BCUT2D eigenvalue weighted by Crippen LogP contribution is -2.24. The fourth-order valence-electron chi connectivity index (χ4n) is 1.61. The van der Waals surface area contributed by atoms with Gasteiger partial charge in [0.2, 0.25) is 0 Å². The van der Waals surface area contributed by atoms with Crippen LogP contribution in [0.4, 0.5) is 4.39 Å². The predicted molar refractivity (Wildman–Crippen MR) is 60.5 cm³/mol. The van der Waals surface area contributed by atoms with Gasteiger partial charge in [0.05, 0.1) is 0 Å². The molecule has 2 rings (SSSR count). The van der Waals surface area contributed by atoms with E-state index < -0.39 is 0 Å². The highest BCUT2D eigenvalue weighted by atomic mass is 35.5. The zero-order valence-corrected chi connectivity index (χ0v) is 9.30. The van der Waals surface area contributed by atoms with Crippen molar-refractivity contribution in [2.24, 2.45) is 5.92 Å². The molecule has 1 unspecified atom stereocenters. The van der Waals surface area contributed by atoms with Crippen LogP contribution in [0.3, 0.4) is 0 Å². The molecule has 82 valence electrons. The van der Waals surface area contributed by atoms with E-state index in [0.717, 1.165) is 6.54 Å². The third-order valence-corrected chi connectivity index (χ3v) is 3.26. The Morgan fingerprint density at radius 2 is 2.13 bits per heavy atom. The molecule has 1 saturated carbocycles. The van der Waals surface area contributed by atoms with E-state index in [9.17, 15) is 4.39 Å². The van der Waals surface area contributed by atoms with Crippen molar-refractivity contribution in [3.05, 3.63) is 35.6 Å². The van der Waals surface area contributed by atoms with Crippen molar-refractivity contribution in [3.8, 4) is 0 Å². The molecule has 1 aliphatic carbocycles. The molecule has 0 amide bonds. The average molecular weight is 228 g/mol. The smallest absolute Gasteiger partial charge is 0.127 e. The molecular formula is C12H15ClFN. The molecule has 15 heavy (non-hydrogen) atoms. The first-order valence-electron chi connectivity index (χ1n) is 5.35. The molecule has 0 bridgehead atoms. The van der Waals surface area contributed by atoms with E-state index in [1.165, 1.54) is 18.9 Å². The molecule has 1 N–H and O–H groups in total. The molecule has 1 aromatic rings. The van der Waals surface area contributed by atoms with Gasteiger partial charge in [-0.15, -0.1) is 11.6 Å². The molecule has 1 aromatic carbocycles. The fourth-order valence-corrected chi connectivity index (χ4v) is 1.97. The van der Waals surface area contributed by atoms with Crippen LogP contribution in [0, 0.1) is 11.7 Å². The zero-order chi connectivity index (χ0) is 10.7. The van der Waals surface area contributed by atoms with Gasteiger partial charge in [-0.2, -0.15) is 0 Å². The molecule has 0 aromatic heterocycles. The van der Waals surface area contributed by atoms with Gasteiger partial charge in [-0.05, 0) is 24.8 Å². The summed E-state index contributed by atoms with van der Waals surface area (Å²) in [6.45, 7) is 1.32. The van der Waals surface area contributed by atoms with E-state index in [1.807, 2.05) is 6.07 Å². The first-order chi connectivity index (χ1) is 7.27. The summed E-state index contributed by atoms with van der Waals surface area (Å²) in [5, 5.41) is 3.40. The maximum absolute atomic E-state index is 13.2. The molecule has 0 radical (unpaired) electrons. The molecule has 1 nitrogen and oxygen atoms in total. The van der Waals surface area contributed by atoms with Gasteiger partial charge in [-0.1, -0.05) is 18.2 Å². The Bertz CT molecular complexity index is 325. The van der Waals surface area contributed by atoms with Crippen LogP contribution in [-0.2, 0) is 6.54 Å². The van der Waals surface area contributed by atoms with Crippen LogP contribution in [0.15, 0.2) is 24.3 Å². The lowest BCUT2D eigenvalue weighted by molar-refractivity contribution is 0.574. The Balaban J connectivity index is 1.75. The predicted octanol–water partition coefficient (Wildman–Crippen LogP) is 2.93. The summed E-state index contributed by atoms with van der Waals surface area (Å²) in [5.74, 6) is 0.530. The standard InChI is InChI=1S/C12H15ClFN/c13-11(9-5-6-9)8-15-7-10-3-1-2-4-12(10)14/h1-4,9,11,15H,5-8H2. The molecule has 3 heteroatoms. The van der Waals surface area contributed by atoms with E-state index in [2.05, 4.69) is 5.32 Å². The van der Waals surface area contributed by atoms with Crippen molar-refractivity contribution >= 4 is 11.6 Å². The molecule has 1 aliphatic rings. The highest BCUT2D eigenvalue weighted by Gasteiger charge is 2.29. The lowest BCUT2D eigenvalue weighted by atomic mass is 10.2. The van der Waals surface area contributed by atoms with Gasteiger partial charge in [0.15, 0.2) is 0 Å². The molecule has 0 spiro atoms. The summed E-state index contributed by atoms with van der Waals surface area (Å²) >= 11 is 6.13. The van der Waals surface area contributed by atoms with Gasteiger partial charge in [0.25, 0.3) is 0 Å². The van der Waals surface area contributed by atoms with Crippen LogP contribution >= 0.6 is 11.6 Å². The van der Waals surface area contributed by atoms with Crippen LogP contribution in [0.25, 0.3) is 0 Å². The minimum absolute atomic E-state index is 0.150. The van der Waals surface area contributed by atoms with Gasteiger partial charge in [-0.25, -0.2) is 4.39 Å². The number of halogens is 2. The number of benzene rings is 1. The van der Waals surface area contributed by atoms with Gasteiger partial charge >= 0.3 is 0 Å². The van der Waals surface area contributed by atoms with Gasteiger partial charge in [-0.3, -0.25) is 0 Å². The van der Waals surface area contributed by atoms with E-state index >= 15 is 0 Å². The first kappa shape index (κ1) is 10.9. The number of hydrogen-bond acceptors (Lipinski definition) is 1. The van der Waals surface area contributed by atoms with Crippen molar-refractivity contribution < 1.29 is 4.39 Å². The average Bonchev–Trinajstić information content (AvgIpc) is 3.04. The zero-order valence-electron chi connectivity index (χ0n) is 8.55. The second kappa shape index (κ2) is 4.95. The van der Waals surface area contributed by atoms with Crippen molar-refractivity contribution in [2.75, 3.05) is 6.54 Å². The summed E-state index contributed by atoms with van der Waals surface area (Å²) in [5.41, 5.74) is 0.706. The highest BCUT2D eigenvalue weighted by molar-refractivity contribution is 6.21. The number of alkyl halides is 1. The third kappa shape index (κ3) is 3.18. The fraction of sp³-hybridized carbons (Fsp3) is 0.500. The van der Waals surface area contributed by atoms with Gasteiger partial charge < -0.3 is 5.32 Å². The summed E-state index contributed by atoms with van der Waals surface area (Å²) in [7, 11) is 0. The summed E-state index contributed by atoms with van der Waals surface area (Å²) in [6.07, 6.45) is 2.49. The Labute approximate surface area is 94.6 Å². The second-order valence-electron chi connectivity index (χ2n) is 4.08. The molecule has 0 heterocycles. The summed E-state index contributed by atoms with van der Waals surface area (Å²) in [4.78, 5) is 0. The van der Waals surface area contributed by atoms with Gasteiger partial charge in [0, 0.05) is 24.0 Å². The third-order valence-electron chi connectivity index (χ3n) is 2.75. The highest BCUT2D eigenvalue weighted by Crippen LogP contribution is 2.35. The molecule has 0 aliphatic heterocycles. The first-order valence-corrected chi connectivity index (χ1v) is 5.79. The van der Waals surface area contributed by atoms with E-state index in [4.69, 9.17) is 11.6 Å². The van der Waals surface area contributed by atoms with Crippen LogP contribution in [0.5, 0.6) is 0 Å². The van der Waals surface area contributed by atoms with Gasteiger partial charge in [0.1, 0.15) is 5.82 Å². The monoisotopic (exact) mass is 227 g/mol. The normalized spacial score (nSPS) is 17.7. The van der Waals surface area contributed by atoms with Crippen molar-refractivity contribution in [2.45, 2.75) is 24.8 Å². The minimum Gasteiger partial charge on any atom is -0.311 e. The number of hydrogen-bond donors (Lipinski definition) is 1.